The number of fused-ring (bicyclic) bond motifs is 6. The fourth-order valence-electron chi connectivity index (χ4n) is 17.5. The van der Waals surface area contributed by atoms with Crippen molar-refractivity contribution in [2.24, 2.45) is 0 Å². The van der Waals surface area contributed by atoms with Gasteiger partial charge in [0.25, 0.3) is 23.6 Å². The molecule has 4 amide bonds. The van der Waals surface area contributed by atoms with E-state index in [1.165, 1.54) is 100 Å². The van der Waals surface area contributed by atoms with Crippen LogP contribution in [0.2, 0.25) is 0 Å². The first kappa shape index (κ1) is 104. The standard InChI is InChI=1S/C21H24FN5O.C20H22FN5O.C19H17F4N5O.C19H20FN5O.C15H12FN3O2.C13H8FN3O2/c1-13(2)17-10-18(15-4-6-16(22)7-5-15)25-27-12-19(24-20(17)27)21(28)26-9-8-23-14(3)11-26;1-3-14-10-17(15-4-6-16(21)7-5-15)24-26-12-18(23-19(14)26)20(27)25-9-8-22-13(2)11-25;1-11-9-27(7-6-24-11)18(29)16-10-28-17(25-16)14(19(21,22)23)8-15(26-28)12-2-4-13(20)5-3-12;1-12-9-16(14-3-5-15(20)6-4-14)23-25-11-17(22-18(12)25)19(26)24-8-7-21-13(2)10-24;1-2-9-7-12(10-3-5-11(16)6-4-10)18-19-8-13(15(20)21)17-14(9)19;14-9-3-1-8(2-4-9)10-5-6-12-15-11(13(18)19)7-17(12)16-10/h4-7,10,12-14,23H,8-9,11H2,1-3H3;4-7,10,12-13,22H,3,8-9,11H2,1-2H3;2-5,8,10-11,24H,6-7,9H2,1H3;3-6,9,11,13,21H,7-8,10H2,1-2H3;3-8H,2H2,1H3,(H,20,21);1-7H,(H,18,19)/t14-;13-;11-;13-;;/m0000../s1. The Balaban J connectivity index is 0.000000123. The molecule has 4 saturated heterocycles. The molecule has 772 valence electrons. The predicted octanol–water partition coefficient (Wildman–Crippen LogP) is 15.9. The van der Waals surface area contributed by atoms with Crippen LogP contribution in [0.15, 0.2) is 225 Å². The highest BCUT2D eigenvalue weighted by Crippen LogP contribution is 2.36. The Morgan fingerprint density at radius 2 is 0.600 bits per heavy atom. The Labute approximate surface area is 851 Å². The minimum absolute atomic E-state index is 0.00276. The Hall–Kier alpha value is -16.9. The lowest BCUT2D eigenvalue weighted by molar-refractivity contribution is -0.136. The fourth-order valence-corrected chi connectivity index (χ4v) is 17.5. The van der Waals surface area contributed by atoms with E-state index in [2.05, 4.69) is 116 Å². The number of piperazine rings is 4. The quantitative estimate of drug-likeness (QED) is 0.0519. The monoisotopic (exact) mass is 2050 g/mol. The van der Waals surface area contributed by atoms with Gasteiger partial charge in [-0.25, -0.2) is 92.9 Å². The largest absolute Gasteiger partial charge is 0.476 e. The van der Waals surface area contributed by atoms with Crippen LogP contribution in [0, 0.1) is 41.8 Å². The first-order chi connectivity index (χ1) is 71.9. The van der Waals surface area contributed by atoms with E-state index in [9.17, 15) is 68.3 Å². The summed E-state index contributed by atoms with van der Waals surface area (Å²) in [5.74, 6) is -4.64. The third-order valence-corrected chi connectivity index (χ3v) is 25.3. The van der Waals surface area contributed by atoms with Crippen molar-refractivity contribution in [2.75, 3.05) is 78.5 Å². The van der Waals surface area contributed by atoms with Crippen molar-refractivity contribution in [3.8, 4) is 67.5 Å². The first-order valence-corrected chi connectivity index (χ1v) is 48.4. The number of aryl methyl sites for hydroxylation is 3. The fraction of sp³-hybridized carbons (Fsp3) is 0.271. The smallest absolute Gasteiger partial charge is 0.420 e. The summed E-state index contributed by atoms with van der Waals surface area (Å²) in [6.07, 6.45) is 5.73. The molecule has 22 rings (SSSR count). The summed E-state index contributed by atoms with van der Waals surface area (Å²) in [5.41, 5.74) is 14.0. The summed E-state index contributed by atoms with van der Waals surface area (Å²) in [7, 11) is 0. The van der Waals surface area contributed by atoms with E-state index in [-0.39, 0.29) is 99.7 Å². The maximum absolute atomic E-state index is 13.6. The summed E-state index contributed by atoms with van der Waals surface area (Å²) in [6.45, 7) is 26.0. The molecule has 6 aromatic carbocycles. The molecule has 4 aliphatic rings. The number of nitrogens with one attached hydrogen (secondary N) is 4. The summed E-state index contributed by atoms with van der Waals surface area (Å²) in [4.78, 5) is 106. The van der Waals surface area contributed by atoms with Crippen LogP contribution in [-0.4, -0.2) is 256 Å². The van der Waals surface area contributed by atoms with Crippen LogP contribution >= 0.6 is 0 Å². The van der Waals surface area contributed by atoms with Gasteiger partial charge in [-0.1, -0.05) is 27.7 Å². The number of carboxylic acids is 2. The number of alkyl halides is 3. The van der Waals surface area contributed by atoms with Gasteiger partial charge < -0.3 is 51.1 Å². The maximum atomic E-state index is 13.6. The maximum Gasteiger partial charge on any atom is 0.420 e. The molecule has 34 nitrogen and oxygen atoms in total. The van der Waals surface area contributed by atoms with Gasteiger partial charge in [0, 0.05) is 142 Å². The van der Waals surface area contributed by atoms with E-state index in [4.69, 9.17) is 10.2 Å². The zero-order valence-electron chi connectivity index (χ0n) is 82.7. The van der Waals surface area contributed by atoms with Crippen LogP contribution in [0.1, 0.15) is 152 Å². The van der Waals surface area contributed by atoms with Gasteiger partial charge >= 0.3 is 18.1 Å². The van der Waals surface area contributed by atoms with Crippen LogP contribution in [0.5, 0.6) is 0 Å². The zero-order chi connectivity index (χ0) is 106. The highest BCUT2D eigenvalue weighted by atomic mass is 19.4. The second-order valence-electron chi connectivity index (χ2n) is 36.8. The number of nitrogens with zero attached hydrogens (tertiary/aromatic N) is 22. The van der Waals surface area contributed by atoms with Gasteiger partial charge in [0.2, 0.25) is 0 Å². The average Bonchev–Trinajstić information content (AvgIpc) is 1.69. The second kappa shape index (κ2) is 45.2. The molecule has 0 aliphatic carbocycles. The molecule has 4 atom stereocenters. The number of amides is 4. The van der Waals surface area contributed by atoms with Gasteiger partial charge in [-0.3, -0.25) is 19.2 Å². The van der Waals surface area contributed by atoms with E-state index < -0.39 is 41.0 Å². The van der Waals surface area contributed by atoms with Gasteiger partial charge in [-0.05, 0) is 258 Å². The van der Waals surface area contributed by atoms with Crippen LogP contribution in [-0.2, 0) is 19.0 Å². The van der Waals surface area contributed by atoms with Gasteiger partial charge in [-0.15, -0.1) is 0 Å². The second-order valence-corrected chi connectivity index (χ2v) is 36.8. The normalized spacial score (nSPS) is 15.8. The van der Waals surface area contributed by atoms with Gasteiger partial charge in [-0.2, -0.15) is 43.8 Å². The minimum atomic E-state index is -4.70. The lowest BCUT2D eigenvalue weighted by Crippen LogP contribution is -2.51. The molecule has 4 fully saturated rings. The molecule has 150 heavy (non-hydrogen) atoms. The van der Waals surface area contributed by atoms with E-state index in [0.29, 0.717) is 133 Å². The highest BCUT2D eigenvalue weighted by Gasteiger charge is 2.38. The van der Waals surface area contributed by atoms with Crippen molar-refractivity contribution in [1.82, 2.24) is 128 Å². The first-order valence-electron chi connectivity index (χ1n) is 48.4. The van der Waals surface area contributed by atoms with Gasteiger partial charge in [0.05, 0.1) is 71.3 Å². The third-order valence-electron chi connectivity index (χ3n) is 25.3. The van der Waals surface area contributed by atoms with Gasteiger partial charge in [0.1, 0.15) is 63.2 Å². The molecule has 4 aliphatic heterocycles. The molecule has 12 aromatic heterocycles. The molecular formula is C107H103F9N26O8. The van der Waals surface area contributed by atoms with E-state index in [1.807, 2.05) is 66.7 Å². The molecule has 0 saturated carbocycles. The SMILES string of the molecule is CC(C)c1cc(-c2ccc(F)cc2)nn2cc(C(=O)N3CCN[C@@H](C)C3)nc12.CCc1cc(-c2ccc(F)cc2)nn2cc(C(=O)N3CCN[C@@H](C)C3)nc12.CCc1cc(-c2ccc(F)cc2)nn2cc(C(=O)O)nc12.C[C@H]1CN(C(=O)c2cn3nc(-c4ccc(F)cc4)cc(C(F)(F)F)c3n2)CCN1.Cc1cc(-c2ccc(F)cc2)nn2cc(C(=O)N3CCN[C@@H](C)C3)nc12.O=C(O)c1cn2nc(-c3ccc(F)cc3)ccc2n1. The van der Waals surface area contributed by atoms with E-state index in [0.717, 1.165) is 110 Å². The lowest BCUT2D eigenvalue weighted by atomic mass is 10.0. The molecule has 18 aromatic rings. The lowest BCUT2D eigenvalue weighted by Gasteiger charge is -2.31. The number of aromatic nitrogens is 18. The Morgan fingerprint density at radius 1 is 0.333 bits per heavy atom. The molecule has 16 heterocycles. The number of carboxylic acid groups (broad SMARTS) is 2. The highest BCUT2D eigenvalue weighted by molar-refractivity contribution is 5.96. The molecular weight excluding hydrogens is 1950 g/mol. The van der Waals surface area contributed by atoms with Crippen LogP contribution in [0.3, 0.4) is 0 Å². The number of rotatable bonds is 15. The number of imidazole rings is 6. The van der Waals surface area contributed by atoms with Crippen molar-refractivity contribution in [1.29, 1.82) is 0 Å². The summed E-state index contributed by atoms with van der Waals surface area (Å²) in [5, 5.41) is 57.6. The number of hydrogen-bond acceptors (Lipinski definition) is 22. The molecule has 43 heteroatoms. The molecule has 0 unspecified atom stereocenters. The predicted molar refractivity (Wildman–Crippen MR) is 540 cm³/mol. The Bertz CT molecular complexity index is 8020. The number of carbonyl (C=O) groups is 6. The number of halogens is 9. The van der Waals surface area contributed by atoms with Crippen LogP contribution < -0.4 is 21.3 Å². The number of carbonyl (C=O) groups excluding carboxylic acids is 4. The van der Waals surface area contributed by atoms with Crippen molar-refractivity contribution < 1.29 is 78.5 Å². The summed E-state index contributed by atoms with van der Waals surface area (Å²) in [6, 6.07) is 48.4. The number of benzene rings is 6. The average molecular weight is 2050 g/mol. The zero-order valence-corrected chi connectivity index (χ0v) is 82.7. The minimum Gasteiger partial charge on any atom is -0.476 e. The van der Waals surface area contributed by atoms with Crippen molar-refractivity contribution in [3.05, 3.63) is 322 Å². The Morgan fingerprint density at radius 3 is 0.933 bits per heavy atom. The van der Waals surface area contributed by atoms with E-state index in [1.54, 1.807) is 110 Å². The number of hydrogen-bond donors (Lipinski definition) is 6. The molecule has 0 bridgehead atoms. The Kier molecular flexibility index (Phi) is 31.5. The van der Waals surface area contributed by atoms with Crippen LogP contribution in [0.4, 0.5) is 39.5 Å². The summed E-state index contributed by atoms with van der Waals surface area (Å²) < 4.78 is 128. The van der Waals surface area contributed by atoms with Crippen molar-refractivity contribution in [2.45, 2.75) is 111 Å². The summed E-state index contributed by atoms with van der Waals surface area (Å²) >= 11 is 0. The number of aromatic carboxylic acids is 2. The molecule has 6 N–H and O–H groups in total. The molecule has 0 radical (unpaired) electrons. The van der Waals surface area contributed by atoms with Crippen molar-refractivity contribution in [3.63, 3.8) is 0 Å². The third kappa shape index (κ3) is 24.3. The molecule has 0 spiro atoms. The van der Waals surface area contributed by atoms with E-state index >= 15 is 0 Å². The topological polar surface area (TPSA) is 385 Å². The van der Waals surface area contributed by atoms with Gasteiger partial charge in [0.15, 0.2) is 45.3 Å². The van der Waals surface area contributed by atoms with Crippen LogP contribution in [0.25, 0.3) is 101 Å². The van der Waals surface area contributed by atoms with Crippen molar-refractivity contribution >= 4 is 69.5 Å².